The number of rotatable bonds is 4. The molecule has 0 atom stereocenters. The van der Waals surface area contributed by atoms with Crippen LogP contribution in [0.15, 0.2) is 28.1 Å². The van der Waals surface area contributed by atoms with Gasteiger partial charge in [0.1, 0.15) is 0 Å². The van der Waals surface area contributed by atoms with Gasteiger partial charge in [0, 0.05) is 26.8 Å². The van der Waals surface area contributed by atoms with Gasteiger partial charge in [-0.1, -0.05) is 11.3 Å². The van der Waals surface area contributed by atoms with Crippen LogP contribution in [0.4, 0.5) is 0 Å². The highest BCUT2D eigenvalue weighted by atomic mass is 32.2. The van der Waals surface area contributed by atoms with Crippen molar-refractivity contribution < 1.29 is 17.9 Å². The first-order valence-electron chi connectivity index (χ1n) is 6.20. The van der Waals surface area contributed by atoms with Crippen LogP contribution in [0.25, 0.3) is 10.2 Å². The second-order valence-corrected chi connectivity index (χ2v) is 7.59. The van der Waals surface area contributed by atoms with Crippen LogP contribution in [0.1, 0.15) is 6.92 Å². The van der Waals surface area contributed by atoms with Gasteiger partial charge >= 0.3 is 0 Å². The smallest absolute Gasteiger partial charge is 0.245 e. The zero-order chi connectivity index (χ0) is 15.6. The molecule has 0 saturated heterocycles. The molecular weight excluding hydrogens is 312 g/mol. The minimum atomic E-state index is -3.26. The zero-order valence-corrected chi connectivity index (χ0v) is 13.6. The molecule has 0 bridgehead atoms. The summed E-state index contributed by atoms with van der Waals surface area (Å²) in [4.78, 5) is 16.0. The molecule has 21 heavy (non-hydrogen) atoms. The zero-order valence-electron chi connectivity index (χ0n) is 12.0. The van der Waals surface area contributed by atoms with Gasteiger partial charge in [-0.2, -0.15) is 4.99 Å². The summed E-state index contributed by atoms with van der Waals surface area (Å²) in [6.07, 6.45) is 1.17. The lowest BCUT2D eigenvalue weighted by molar-refractivity contribution is -0.116. The Hall–Kier alpha value is -1.51. The van der Waals surface area contributed by atoms with E-state index in [0.717, 1.165) is 10.2 Å². The van der Waals surface area contributed by atoms with Crippen LogP contribution in [0.3, 0.4) is 0 Å². The minimum absolute atomic E-state index is 0.254. The van der Waals surface area contributed by atoms with Gasteiger partial charge in [0.05, 0.1) is 21.7 Å². The molecule has 2 rings (SSSR count). The number of fused-ring (bicyclic) bond motifs is 1. The van der Waals surface area contributed by atoms with Crippen LogP contribution >= 0.6 is 11.3 Å². The second-order valence-electron chi connectivity index (χ2n) is 4.56. The normalized spacial score (nSPS) is 13.0. The molecule has 0 unspecified atom stereocenters. The monoisotopic (exact) mass is 328 g/mol. The number of methoxy groups -OCH3 is 1. The lowest BCUT2D eigenvalue weighted by atomic mass is 10.3. The highest BCUT2D eigenvalue weighted by Crippen LogP contribution is 2.21. The number of benzene rings is 1. The molecule has 1 aromatic carbocycles. The van der Waals surface area contributed by atoms with Gasteiger partial charge in [-0.25, -0.2) is 8.42 Å². The van der Waals surface area contributed by atoms with Crippen molar-refractivity contribution in [1.82, 2.24) is 4.57 Å². The third-order valence-corrected chi connectivity index (χ3v) is 5.01. The van der Waals surface area contributed by atoms with Crippen LogP contribution in [0, 0.1) is 0 Å². The number of carbonyl (C=O) groups is 1. The SMILES string of the molecule is COCCn1c(=NC(C)=O)sc2cc(S(C)(=O)=O)ccc21. The Kier molecular flexibility index (Phi) is 4.60. The van der Waals surface area contributed by atoms with Crippen molar-refractivity contribution in [3.05, 3.63) is 23.0 Å². The molecule has 1 aromatic heterocycles. The molecule has 0 aliphatic rings. The lowest BCUT2D eigenvalue weighted by Crippen LogP contribution is -2.18. The second kappa shape index (κ2) is 6.08. The van der Waals surface area contributed by atoms with Crippen molar-refractivity contribution in [2.24, 2.45) is 4.99 Å². The van der Waals surface area contributed by atoms with E-state index in [2.05, 4.69) is 4.99 Å². The van der Waals surface area contributed by atoms with Crippen LogP contribution in [-0.4, -0.2) is 38.9 Å². The molecule has 2 aromatic rings. The van der Waals surface area contributed by atoms with Gasteiger partial charge in [-0.3, -0.25) is 4.79 Å². The Morgan fingerprint density at radius 3 is 2.71 bits per heavy atom. The molecular formula is C13H16N2O4S2. The molecule has 1 heterocycles. The van der Waals surface area contributed by atoms with Gasteiger partial charge < -0.3 is 9.30 Å². The van der Waals surface area contributed by atoms with Crippen molar-refractivity contribution in [3.8, 4) is 0 Å². The van der Waals surface area contributed by atoms with Crippen LogP contribution in [-0.2, 0) is 25.9 Å². The molecule has 0 aliphatic heterocycles. The summed E-state index contributed by atoms with van der Waals surface area (Å²) in [5.41, 5.74) is 0.837. The molecule has 1 amide bonds. The van der Waals surface area contributed by atoms with Crippen molar-refractivity contribution in [2.45, 2.75) is 18.4 Å². The van der Waals surface area contributed by atoms with Crippen LogP contribution in [0.5, 0.6) is 0 Å². The van der Waals surface area contributed by atoms with Gasteiger partial charge in [-0.05, 0) is 18.2 Å². The Balaban J connectivity index is 2.70. The maximum absolute atomic E-state index is 11.6. The number of thiazole rings is 1. The van der Waals surface area contributed by atoms with Crippen molar-refractivity contribution in [1.29, 1.82) is 0 Å². The summed E-state index contributed by atoms with van der Waals surface area (Å²) in [5, 5.41) is 0. The first-order chi connectivity index (χ1) is 9.82. The maximum atomic E-state index is 11.6. The molecule has 0 saturated carbocycles. The highest BCUT2D eigenvalue weighted by molar-refractivity contribution is 7.90. The number of hydrogen-bond acceptors (Lipinski definition) is 5. The third-order valence-electron chi connectivity index (χ3n) is 2.85. The largest absolute Gasteiger partial charge is 0.383 e. The molecule has 0 N–H and O–H groups in total. The van der Waals surface area contributed by atoms with Crippen LogP contribution in [0.2, 0.25) is 0 Å². The number of ether oxygens (including phenoxy) is 1. The summed E-state index contributed by atoms with van der Waals surface area (Å²) < 4.78 is 30.9. The summed E-state index contributed by atoms with van der Waals surface area (Å²) in [6, 6.07) is 4.90. The minimum Gasteiger partial charge on any atom is -0.383 e. The standard InChI is InChI=1S/C13H16N2O4S2/c1-9(16)14-13-15(6-7-19-2)11-5-4-10(21(3,17)18)8-12(11)20-13/h4-5,8H,6-7H2,1-3H3. The summed E-state index contributed by atoms with van der Waals surface area (Å²) in [5.74, 6) is -0.295. The van der Waals surface area contributed by atoms with E-state index in [1.807, 2.05) is 4.57 Å². The summed E-state index contributed by atoms with van der Waals surface area (Å²) in [7, 11) is -1.67. The Labute approximate surface area is 126 Å². The van der Waals surface area contributed by atoms with Gasteiger partial charge in [0.2, 0.25) is 5.91 Å². The topological polar surface area (TPSA) is 77.7 Å². The Morgan fingerprint density at radius 2 is 2.14 bits per heavy atom. The fraction of sp³-hybridized carbons (Fsp3) is 0.385. The quantitative estimate of drug-likeness (QED) is 0.845. The molecule has 114 valence electrons. The van der Waals surface area contributed by atoms with Gasteiger partial charge in [0.15, 0.2) is 14.6 Å². The predicted octanol–water partition coefficient (Wildman–Crippen LogP) is 1.20. The fourth-order valence-electron chi connectivity index (χ4n) is 1.90. The molecule has 0 fully saturated rings. The summed E-state index contributed by atoms with van der Waals surface area (Å²) >= 11 is 1.29. The molecule has 0 aliphatic carbocycles. The van der Waals surface area contributed by atoms with Crippen LogP contribution < -0.4 is 4.80 Å². The molecule has 0 radical (unpaired) electrons. The third kappa shape index (κ3) is 3.58. The Bertz CT molecular complexity index is 847. The van der Waals surface area contributed by atoms with Gasteiger partial charge in [-0.15, -0.1) is 0 Å². The van der Waals surface area contributed by atoms with E-state index in [-0.39, 0.29) is 10.8 Å². The number of hydrogen-bond donors (Lipinski definition) is 0. The van der Waals surface area contributed by atoms with Gasteiger partial charge in [0.25, 0.3) is 0 Å². The van der Waals surface area contributed by atoms with E-state index in [0.29, 0.717) is 18.0 Å². The van der Waals surface area contributed by atoms with E-state index >= 15 is 0 Å². The predicted molar refractivity (Wildman–Crippen MR) is 81.0 cm³/mol. The molecule has 8 heteroatoms. The van der Waals surface area contributed by atoms with Crippen molar-refractivity contribution >= 4 is 37.3 Å². The van der Waals surface area contributed by atoms with Crippen molar-refractivity contribution in [2.75, 3.05) is 20.0 Å². The highest BCUT2D eigenvalue weighted by Gasteiger charge is 2.12. The fourth-order valence-corrected chi connectivity index (χ4v) is 3.76. The maximum Gasteiger partial charge on any atom is 0.245 e. The van der Waals surface area contributed by atoms with E-state index in [4.69, 9.17) is 4.74 Å². The molecule has 6 nitrogen and oxygen atoms in total. The van der Waals surface area contributed by atoms with E-state index in [1.54, 1.807) is 25.3 Å². The Morgan fingerprint density at radius 1 is 1.43 bits per heavy atom. The molecule has 0 spiro atoms. The van der Waals surface area contributed by atoms with E-state index in [1.165, 1.54) is 24.5 Å². The average molecular weight is 328 g/mol. The van der Waals surface area contributed by atoms with Crippen molar-refractivity contribution in [3.63, 3.8) is 0 Å². The van der Waals surface area contributed by atoms with E-state index < -0.39 is 9.84 Å². The summed E-state index contributed by atoms with van der Waals surface area (Å²) in [6.45, 7) is 2.40. The lowest BCUT2D eigenvalue weighted by Gasteiger charge is -2.04. The van der Waals surface area contributed by atoms with E-state index in [9.17, 15) is 13.2 Å². The number of sulfone groups is 1. The number of amides is 1. The number of carbonyl (C=O) groups excluding carboxylic acids is 1. The first kappa shape index (κ1) is 15.9. The first-order valence-corrected chi connectivity index (χ1v) is 8.91. The number of nitrogens with zero attached hydrogens (tertiary/aromatic N) is 2. The number of aromatic nitrogens is 1. The average Bonchev–Trinajstić information content (AvgIpc) is 2.70.